The van der Waals surface area contributed by atoms with Crippen molar-refractivity contribution in [2.75, 3.05) is 45.2 Å². The summed E-state index contributed by atoms with van der Waals surface area (Å²) in [6, 6.07) is 0. The number of nitrogens with zero attached hydrogens (tertiary/aromatic N) is 4. The summed E-state index contributed by atoms with van der Waals surface area (Å²) in [5, 5.41) is 1.36. The molecule has 5 rings (SSSR count). The van der Waals surface area contributed by atoms with Crippen molar-refractivity contribution in [2.45, 2.75) is 50.5 Å². The molecular formula is C20H28N4OS. The smallest absolute Gasteiger partial charge is 0.141 e. The number of morpholine rings is 1. The van der Waals surface area contributed by atoms with Gasteiger partial charge in [-0.25, -0.2) is 9.97 Å². The Hall–Kier alpha value is -1.24. The van der Waals surface area contributed by atoms with Crippen LogP contribution in [0.2, 0.25) is 0 Å². The molecule has 1 saturated heterocycles. The molecule has 0 N–H and O–H groups in total. The molecule has 0 radical (unpaired) electrons. The van der Waals surface area contributed by atoms with Gasteiger partial charge in [-0.1, -0.05) is 0 Å². The molecule has 26 heavy (non-hydrogen) atoms. The van der Waals surface area contributed by atoms with Crippen molar-refractivity contribution in [3.63, 3.8) is 0 Å². The lowest BCUT2D eigenvalue weighted by molar-refractivity contribution is 0.0246. The standard InChI is InChI=1S/C20H28N4OS/c1-23(2)11-14-12-24(9-10-25-14)19-17-15-5-3-4-6-16(15)26-20(17)22-18(21-19)13-7-8-13/h13-14H,3-12H2,1-2H3. The summed E-state index contributed by atoms with van der Waals surface area (Å²) in [7, 11) is 4.23. The third-order valence-corrected chi connectivity index (χ3v) is 6.95. The summed E-state index contributed by atoms with van der Waals surface area (Å²) in [5.41, 5.74) is 1.55. The first kappa shape index (κ1) is 16.9. The molecule has 2 aromatic rings. The summed E-state index contributed by atoms with van der Waals surface area (Å²) in [6.07, 6.45) is 7.80. The molecule has 2 fully saturated rings. The fraction of sp³-hybridized carbons (Fsp3) is 0.700. The zero-order valence-corrected chi connectivity index (χ0v) is 16.6. The first-order valence-corrected chi connectivity index (χ1v) is 10.8. The maximum Gasteiger partial charge on any atom is 0.141 e. The molecule has 140 valence electrons. The van der Waals surface area contributed by atoms with E-state index in [0.717, 1.165) is 32.1 Å². The Labute approximate surface area is 159 Å². The molecule has 0 aromatic carbocycles. The lowest BCUT2D eigenvalue weighted by Crippen LogP contribution is -2.47. The summed E-state index contributed by atoms with van der Waals surface area (Å²) in [5.74, 6) is 2.88. The second-order valence-electron chi connectivity index (χ2n) is 8.27. The number of thiophene rings is 1. The SMILES string of the molecule is CN(C)CC1CN(c2nc(C3CC3)nc3sc4c(c23)CCCC4)CCO1. The Kier molecular flexibility index (Phi) is 4.38. The van der Waals surface area contributed by atoms with Crippen LogP contribution in [0.5, 0.6) is 0 Å². The monoisotopic (exact) mass is 372 g/mol. The highest BCUT2D eigenvalue weighted by Gasteiger charge is 2.32. The van der Waals surface area contributed by atoms with Gasteiger partial charge in [-0.15, -0.1) is 11.3 Å². The number of hydrogen-bond donors (Lipinski definition) is 0. The van der Waals surface area contributed by atoms with E-state index in [1.807, 2.05) is 11.3 Å². The Morgan fingerprint density at radius 2 is 2.04 bits per heavy atom. The van der Waals surface area contributed by atoms with Gasteiger partial charge in [-0.3, -0.25) is 0 Å². The molecule has 0 spiro atoms. The zero-order valence-electron chi connectivity index (χ0n) is 15.8. The largest absolute Gasteiger partial charge is 0.373 e. The first-order valence-electron chi connectivity index (χ1n) is 10.0. The van der Waals surface area contributed by atoms with Gasteiger partial charge in [-0.05, 0) is 58.2 Å². The number of aryl methyl sites for hydroxylation is 2. The van der Waals surface area contributed by atoms with E-state index in [9.17, 15) is 0 Å². The topological polar surface area (TPSA) is 41.5 Å². The fourth-order valence-corrected chi connectivity index (χ4v) is 5.60. The van der Waals surface area contributed by atoms with Gasteiger partial charge in [0.25, 0.3) is 0 Å². The summed E-state index contributed by atoms with van der Waals surface area (Å²) >= 11 is 1.93. The van der Waals surface area contributed by atoms with Gasteiger partial charge in [0.15, 0.2) is 0 Å². The minimum atomic E-state index is 0.252. The molecule has 1 saturated carbocycles. The predicted octanol–water partition coefficient (Wildman–Crippen LogP) is 3.21. The Morgan fingerprint density at radius 3 is 2.85 bits per heavy atom. The zero-order chi connectivity index (χ0) is 17.7. The van der Waals surface area contributed by atoms with Crippen LogP contribution >= 0.6 is 11.3 Å². The number of rotatable bonds is 4. The fourth-order valence-electron chi connectivity index (χ4n) is 4.34. The molecule has 5 nitrogen and oxygen atoms in total. The summed E-state index contributed by atoms with van der Waals surface area (Å²) in [6.45, 7) is 3.61. The second-order valence-corrected chi connectivity index (χ2v) is 9.36. The van der Waals surface area contributed by atoms with E-state index in [-0.39, 0.29) is 6.10 Å². The predicted molar refractivity (Wildman–Crippen MR) is 107 cm³/mol. The lowest BCUT2D eigenvalue weighted by atomic mass is 9.96. The third kappa shape index (κ3) is 3.12. The van der Waals surface area contributed by atoms with Crippen molar-refractivity contribution >= 4 is 27.4 Å². The number of fused-ring (bicyclic) bond motifs is 3. The summed E-state index contributed by atoms with van der Waals surface area (Å²) < 4.78 is 6.01. The molecule has 1 atom stereocenters. The maximum absolute atomic E-state index is 6.01. The van der Waals surface area contributed by atoms with Crippen LogP contribution in [0, 0.1) is 0 Å². The van der Waals surface area contributed by atoms with Crippen LogP contribution < -0.4 is 4.90 Å². The van der Waals surface area contributed by atoms with Crippen LogP contribution in [0.4, 0.5) is 5.82 Å². The Balaban J connectivity index is 1.57. The van der Waals surface area contributed by atoms with E-state index >= 15 is 0 Å². The van der Waals surface area contributed by atoms with E-state index in [1.54, 1.807) is 10.4 Å². The van der Waals surface area contributed by atoms with E-state index < -0.39 is 0 Å². The van der Waals surface area contributed by atoms with Crippen molar-refractivity contribution in [1.82, 2.24) is 14.9 Å². The maximum atomic E-state index is 6.01. The molecule has 0 bridgehead atoms. The number of hydrogen-bond acceptors (Lipinski definition) is 6. The number of aromatic nitrogens is 2. The van der Waals surface area contributed by atoms with Gasteiger partial charge >= 0.3 is 0 Å². The van der Waals surface area contributed by atoms with Gasteiger partial charge in [0.2, 0.25) is 0 Å². The van der Waals surface area contributed by atoms with E-state index in [4.69, 9.17) is 14.7 Å². The van der Waals surface area contributed by atoms with Gasteiger partial charge in [-0.2, -0.15) is 0 Å². The minimum Gasteiger partial charge on any atom is -0.373 e. The van der Waals surface area contributed by atoms with Crippen molar-refractivity contribution in [3.8, 4) is 0 Å². The van der Waals surface area contributed by atoms with Crippen molar-refractivity contribution in [3.05, 3.63) is 16.3 Å². The molecule has 6 heteroatoms. The first-order chi connectivity index (χ1) is 12.7. The van der Waals surface area contributed by atoms with Crippen molar-refractivity contribution in [2.24, 2.45) is 0 Å². The van der Waals surface area contributed by atoms with Crippen LogP contribution in [0.3, 0.4) is 0 Å². The second kappa shape index (κ2) is 6.73. The molecule has 3 heterocycles. The molecule has 1 aliphatic heterocycles. The van der Waals surface area contributed by atoms with Crippen LogP contribution in [0.15, 0.2) is 0 Å². The van der Waals surface area contributed by atoms with Crippen LogP contribution in [0.1, 0.15) is 47.9 Å². The van der Waals surface area contributed by atoms with Gasteiger partial charge in [0.1, 0.15) is 16.5 Å². The third-order valence-electron chi connectivity index (χ3n) is 5.76. The van der Waals surface area contributed by atoms with Crippen LogP contribution in [-0.2, 0) is 17.6 Å². The summed E-state index contributed by atoms with van der Waals surface area (Å²) in [4.78, 5) is 17.6. The lowest BCUT2D eigenvalue weighted by Gasteiger charge is -2.35. The molecule has 3 aliphatic rings. The molecular weight excluding hydrogens is 344 g/mol. The van der Waals surface area contributed by atoms with Crippen molar-refractivity contribution in [1.29, 1.82) is 0 Å². The van der Waals surface area contributed by atoms with Crippen molar-refractivity contribution < 1.29 is 4.74 Å². The average molecular weight is 373 g/mol. The highest BCUT2D eigenvalue weighted by atomic mass is 32.1. The van der Waals surface area contributed by atoms with E-state index in [1.165, 1.54) is 54.6 Å². The Bertz CT molecular complexity index is 814. The molecule has 2 aromatic heterocycles. The Morgan fingerprint density at radius 1 is 1.19 bits per heavy atom. The minimum absolute atomic E-state index is 0.252. The number of anilines is 1. The van der Waals surface area contributed by atoms with Crippen LogP contribution in [-0.4, -0.2) is 61.3 Å². The van der Waals surface area contributed by atoms with E-state index in [0.29, 0.717) is 5.92 Å². The number of ether oxygens (including phenoxy) is 1. The average Bonchev–Trinajstić information content (AvgIpc) is 3.41. The van der Waals surface area contributed by atoms with Gasteiger partial charge in [0.05, 0.1) is 18.1 Å². The highest BCUT2D eigenvalue weighted by molar-refractivity contribution is 7.19. The number of likely N-dealkylation sites (N-methyl/N-ethyl adjacent to an activating group) is 1. The molecule has 1 unspecified atom stereocenters. The normalized spacial score (nSPS) is 23.7. The molecule has 0 amide bonds. The van der Waals surface area contributed by atoms with E-state index in [2.05, 4.69) is 23.9 Å². The van der Waals surface area contributed by atoms with Gasteiger partial charge < -0.3 is 14.5 Å². The van der Waals surface area contributed by atoms with Crippen LogP contribution in [0.25, 0.3) is 10.2 Å². The quantitative estimate of drug-likeness (QED) is 0.824. The highest BCUT2D eigenvalue weighted by Crippen LogP contribution is 2.44. The molecule has 2 aliphatic carbocycles. The van der Waals surface area contributed by atoms with Gasteiger partial charge in [0, 0.05) is 30.4 Å².